The van der Waals surface area contributed by atoms with Gasteiger partial charge >= 0.3 is 5.97 Å². The molecule has 0 aromatic rings. The molecule has 0 saturated heterocycles. The van der Waals surface area contributed by atoms with Crippen molar-refractivity contribution in [1.82, 2.24) is 0 Å². The molecule has 0 spiro atoms. The number of hydrogen-bond acceptors (Lipinski definition) is 3. The van der Waals surface area contributed by atoms with Crippen LogP contribution in [0.2, 0.25) is 0 Å². The molecule has 1 unspecified atom stereocenters. The van der Waals surface area contributed by atoms with Crippen molar-refractivity contribution in [3.63, 3.8) is 0 Å². The van der Waals surface area contributed by atoms with Crippen LogP contribution >= 0.6 is 0 Å². The van der Waals surface area contributed by atoms with Crippen LogP contribution in [0, 0.1) is 22.7 Å². The van der Waals surface area contributed by atoms with Crippen molar-refractivity contribution in [2.75, 3.05) is 0 Å². The highest BCUT2D eigenvalue weighted by Crippen LogP contribution is 2.45. The predicted molar refractivity (Wildman–Crippen MR) is 85.9 cm³/mol. The minimum Gasteiger partial charge on any atom is -0.301 e. The molecule has 3 nitrogen and oxygen atoms in total. The third-order valence-corrected chi connectivity index (χ3v) is 5.35. The lowest BCUT2D eigenvalue weighted by atomic mass is 9.63. The van der Waals surface area contributed by atoms with E-state index in [0.29, 0.717) is 5.92 Å². The van der Waals surface area contributed by atoms with Crippen LogP contribution in [0.1, 0.15) is 86.0 Å². The van der Waals surface area contributed by atoms with Crippen molar-refractivity contribution < 1.29 is 14.9 Å². The van der Waals surface area contributed by atoms with Gasteiger partial charge < -0.3 is 4.89 Å². The van der Waals surface area contributed by atoms with Crippen LogP contribution in [-0.4, -0.2) is 11.2 Å². The summed E-state index contributed by atoms with van der Waals surface area (Å²) < 4.78 is 0. The number of carbonyl (C=O) groups excluding carboxylic acids is 1. The van der Waals surface area contributed by atoms with Crippen LogP contribution in [0.5, 0.6) is 0 Å². The minimum absolute atomic E-state index is 0.0991. The van der Waals surface area contributed by atoms with E-state index in [4.69, 9.17) is 5.26 Å². The highest BCUT2D eigenvalue weighted by atomic mass is 17.1. The second-order valence-corrected chi connectivity index (χ2v) is 8.57. The van der Waals surface area contributed by atoms with Crippen LogP contribution < -0.4 is 0 Å². The average molecular weight is 298 g/mol. The molecular weight excluding hydrogens is 264 g/mol. The summed E-state index contributed by atoms with van der Waals surface area (Å²) in [5, 5.41) is 8.88. The Morgan fingerprint density at radius 1 is 1.14 bits per heavy atom. The van der Waals surface area contributed by atoms with E-state index >= 15 is 0 Å². The molecular formula is C18H34O3. The Kier molecular flexibility index (Phi) is 6.71. The molecule has 0 radical (unpaired) electrons. The van der Waals surface area contributed by atoms with Gasteiger partial charge in [0.05, 0.1) is 5.92 Å². The molecule has 0 aromatic heterocycles. The fraction of sp³-hybridized carbons (Fsp3) is 0.944. The molecule has 0 aliphatic heterocycles. The molecule has 0 heterocycles. The number of rotatable bonds is 6. The Hall–Kier alpha value is -0.570. The molecule has 1 aliphatic rings. The van der Waals surface area contributed by atoms with Crippen molar-refractivity contribution in [2.45, 2.75) is 86.0 Å². The average Bonchev–Trinajstić information content (AvgIpc) is 2.42. The van der Waals surface area contributed by atoms with Crippen LogP contribution in [0.4, 0.5) is 0 Å². The van der Waals surface area contributed by atoms with Gasteiger partial charge in [-0.05, 0) is 42.4 Å². The maximum atomic E-state index is 12.1. The molecule has 1 saturated carbocycles. The van der Waals surface area contributed by atoms with Crippen molar-refractivity contribution in [3.8, 4) is 0 Å². The van der Waals surface area contributed by atoms with Gasteiger partial charge in [-0.2, -0.15) is 5.26 Å². The first-order valence-corrected chi connectivity index (χ1v) is 8.54. The Morgan fingerprint density at radius 2 is 1.71 bits per heavy atom. The lowest BCUT2D eigenvalue weighted by Crippen LogP contribution is -2.39. The minimum atomic E-state index is -0.445. The maximum absolute atomic E-state index is 12.1. The Balaban J connectivity index is 2.72. The zero-order chi connectivity index (χ0) is 16.1. The number of carbonyl (C=O) groups is 1. The summed E-state index contributed by atoms with van der Waals surface area (Å²) >= 11 is 0. The van der Waals surface area contributed by atoms with Gasteiger partial charge in [-0.1, -0.05) is 60.3 Å². The van der Waals surface area contributed by atoms with Gasteiger partial charge in [0, 0.05) is 0 Å². The number of hydrogen-bond donors (Lipinski definition) is 1. The van der Waals surface area contributed by atoms with Gasteiger partial charge in [0.2, 0.25) is 0 Å². The smallest absolute Gasteiger partial charge is 0.301 e. The third kappa shape index (κ3) is 5.61. The lowest BCUT2D eigenvalue weighted by Gasteiger charge is -2.41. The van der Waals surface area contributed by atoms with Crippen LogP contribution in [0.3, 0.4) is 0 Å². The Morgan fingerprint density at radius 3 is 2.19 bits per heavy atom. The monoisotopic (exact) mass is 298 g/mol. The van der Waals surface area contributed by atoms with E-state index in [1.807, 2.05) is 0 Å². The summed E-state index contributed by atoms with van der Waals surface area (Å²) in [6.45, 7) is 11.0. The highest BCUT2D eigenvalue weighted by Gasteiger charge is 2.42. The van der Waals surface area contributed by atoms with Gasteiger partial charge in [-0.15, -0.1) is 0 Å². The van der Waals surface area contributed by atoms with Crippen LogP contribution in [0.15, 0.2) is 0 Å². The van der Waals surface area contributed by atoms with Gasteiger partial charge in [-0.25, -0.2) is 4.79 Å². The van der Waals surface area contributed by atoms with E-state index in [9.17, 15) is 4.79 Å². The molecule has 0 bridgehead atoms. The summed E-state index contributed by atoms with van der Waals surface area (Å²) in [7, 11) is 0. The standard InChI is InChI=1S/C18H34O3/c1-17(2,3)13-9-12-15(16(19)21-20)18(4,5)14-10-7-6-8-11-14/h14-15,20H,6-13H2,1-5H3. The zero-order valence-electron chi connectivity index (χ0n) is 14.6. The fourth-order valence-corrected chi connectivity index (χ4v) is 3.82. The molecule has 21 heavy (non-hydrogen) atoms. The first-order chi connectivity index (χ1) is 9.68. The van der Waals surface area contributed by atoms with Gasteiger partial charge in [0.15, 0.2) is 0 Å². The summed E-state index contributed by atoms with van der Waals surface area (Å²) in [5.74, 6) is -0.0857. The van der Waals surface area contributed by atoms with E-state index < -0.39 is 5.97 Å². The maximum Gasteiger partial charge on any atom is 0.345 e. The summed E-state index contributed by atoms with van der Waals surface area (Å²) in [6.07, 6.45) is 9.12. The normalized spacial score (nSPS) is 19.3. The highest BCUT2D eigenvalue weighted by molar-refractivity contribution is 5.72. The Labute approximate surface area is 130 Å². The molecule has 1 N–H and O–H groups in total. The summed E-state index contributed by atoms with van der Waals surface area (Å²) in [4.78, 5) is 16.2. The van der Waals surface area contributed by atoms with E-state index in [1.165, 1.54) is 32.1 Å². The van der Waals surface area contributed by atoms with Crippen molar-refractivity contribution >= 4 is 5.97 Å². The van der Waals surface area contributed by atoms with Crippen LogP contribution in [0.25, 0.3) is 0 Å². The van der Waals surface area contributed by atoms with E-state index in [0.717, 1.165) is 19.3 Å². The van der Waals surface area contributed by atoms with E-state index in [-0.39, 0.29) is 16.7 Å². The van der Waals surface area contributed by atoms with Crippen molar-refractivity contribution in [1.29, 1.82) is 0 Å². The fourth-order valence-electron chi connectivity index (χ4n) is 3.82. The second-order valence-electron chi connectivity index (χ2n) is 8.57. The molecule has 1 atom stereocenters. The lowest BCUT2D eigenvalue weighted by molar-refractivity contribution is -0.244. The van der Waals surface area contributed by atoms with Gasteiger partial charge in [0.25, 0.3) is 0 Å². The molecule has 1 rings (SSSR count). The quantitative estimate of drug-likeness (QED) is 0.524. The predicted octanol–water partition coefficient (Wildman–Crippen LogP) is 5.44. The third-order valence-electron chi connectivity index (χ3n) is 5.35. The molecule has 0 amide bonds. The summed E-state index contributed by atoms with van der Waals surface area (Å²) in [5.41, 5.74) is 0.181. The summed E-state index contributed by atoms with van der Waals surface area (Å²) in [6, 6.07) is 0. The molecule has 3 heteroatoms. The second kappa shape index (κ2) is 7.62. The molecule has 1 aliphatic carbocycles. The molecule has 1 fully saturated rings. The van der Waals surface area contributed by atoms with Crippen molar-refractivity contribution in [3.05, 3.63) is 0 Å². The van der Waals surface area contributed by atoms with Crippen LogP contribution in [-0.2, 0) is 9.68 Å². The van der Waals surface area contributed by atoms with E-state index in [1.54, 1.807) is 0 Å². The van der Waals surface area contributed by atoms with Gasteiger partial charge in [-0.3, -0.25) is 0 Å². The van der Waals surface area contributed by atoms with Gasteiger partial charge in [0.1, 0.15) is 0 Å². The molecule has 124 valence electrons. The SMILES string of the molecule is CC(C)(C)CCCC(C(=O)OO)C(C)(C)C1CCCCC1. The Bertz CT molecular complexity index is 322. The zero-order valence-corrected chi connectivity index (χ0v) is 14.6. The molecule has 0 aromatic carbocycles. The topological polar surface area (TPSA) is 46.5 Å². The van der Waals surface area contributed by atoms with Crippen molar-refractivity contribution in [2.24, 2.45) is 22.7 Å². The first-order valence-electron chi connectivity index (χ1n) is 8.54. The van der Waals surface area contributed by atoms with E-state index in [2.05, 4.69) is 39.5 Å². The first kappa shape index (κ1) is 18.5. The largest absolute Gasteiger partial charge is 0.345 e.